The summed E-state index contributed by atoms with van der Waals surface area (Å²) in [5, 5.41) is 6.08. The molecule has 0 radical (unpaired) electrons. The summed E-state index contributed by atoms with van der Waals surface area (Å²) in [7, 11) is 0. The van der Waals surface area contributed by atoms with Crippen molar-refractivity contribution in [3.05, 3.63) is 54.1 Å². The molecule has 2 aromatic carbocycles. The molecule has 2 aromatic rings. The van der Waals surface area contributed by atoms with E-state index >= 15 is 0 Å². The lowest BCUT2D eigenvalue weighted by atomic mass is 10.0. The zero-order valence-electron chi connectivity index (χ0n) is 11.2. The third-order valence-electron chi connectivity index (χ3n) is 3.10. The van der Waals surface area contributed by atoms with E-state index in [1.165, 1.54) is 22.8 Å². The first kappa shape index (κ1) is 12.8. The summed E-state index contributed by atoms with van der Waals surface area (Å²) in [6, 6.07) is 15.4. The lowest BCUT2D eigenvalue weighted by molar-refractivity contribution is 0.625. The lowest BCUT2D eigenvalue weighted by Crippen LogP contribution is -2.24. The predicted molar refractivity (Wildman–Crippen MR) is 80.7 cm³/mol. The van der Waals surface area contributed by atoms with Crippen LogP contribution in [-0.2, 0) is 0 Å². The molecule has 1 heteroatoms. The number of rotatable bonds is 5. The first-order valence-corrected chi connectivity index (χ1v) is 6.70. The maximum absolute atomic E-state index is 3.46. The van der Waals surface area contributed by atoms with Crippen molar-refractivity contribution in [1.29, 1.82) is 0 Å². The Kier molecular flexibility index (Phi) is 4.54. The van der Waals surface area contributed by atoms with Crippen LogP contribution in [0.25, 0.3) is 16.8 Å². The van der Waals surface area contributed by atoms with Crippen LogP contribution < -0.4 is 5.32 Å². The van der Waals surface area contributed by atoms with Crippen molar-refractivity contribution >= 4 is 16.8 Å². The monoisotopic (exact) mass is 239 g/mol. The Balaban J connectivity index is 2.18. The second kappa shape index (κ2) is 6.36. The van der Waals surface area contributed by atoms with Crippen molar-refractivity contribution in [2.45, 2.75) is 26.3 Å². The molecule has 0 saturated carbocycles. The fourth-order valence-electron chi connectivity index (χ4n) is 2.08. The number of hydrogen-bond donors (Lipinski definition) is 1. The fourth-order valence-corrected chi connectivity index (χ4v) is 2.08. The van der Waals surface area contributed by atoms with Crippen molar-refractivity contribution < 1.29 is 0 Å². The molecule has 2 rings (SSSR count). The largest absolute Gasteiger partial charge is 0.311 e. The van der Waals surface area contributed by atoms with E-state index in [0.29, 0.717) is 6.04 Å². The highest BCUT2D eigenvalue weighted by molar-refractivity contribution is 5.90. The van der Waals surface area contributed by atoms with Gasteiger partial charge in [0.2, 0.25) is 0 Å². The standard InChI is InChI=1S/C17H21N/c1-3-13-18-14(2)11-12-16-9-6-8-15-7-4-5-10-17(15)16/h4-12,14,18H,3,13H2,1-2H3/b12-11+. The predicted octanol–water partition coefficient (Wildman–Crippen LogP) is 4.24. The maximum Gasteiger partial charge on any atom is 0.0224 e. The van der Waals surface area contributed by atoms with Gasteiger partial charge in [0, 0.05) is 6.04 Å². The topological polar surface area (TPSA) is 12.0 Å². The van der Waals surface area contributed by atoms with Gasteiger partial charge in [0.15, 0.2) is 0 Å². The quantitative estimate of drug-likeness (QED) is 0.823. The van der Waals surface area contributed by atoms with Gasteiger partial charge in [-0.2, -0.15) is 0 Å². The summed E-state index contributed by atoms with van der Waals surface area (Å²) in [6.07, 6.45) is 5.62. The molecule has 0 amide bonds. The molecule has 1 N–H and O–H groups in total. The average Bonchev–Trinajstić information content (AvgIpc) is 2.42. The fraction of sp³-hybridized carbons (Fsp3) is 0.294. The van der Waals surface area contributed by atoms with Crippen molar-refractivity contribution in [2.24, 2.45) is 0 Å². The minimum absolute atomic E-state index is 0.420. The van der Waals surface area contributed by atoms with Gasteiger partial charge >= 0.3 is 0 Å². The number of fused-ring (bicyclic) bond motifs is 1. The Morgan fingerprint density at radius 3 is 2.72 bits per heavy atom. The molecule has 1 nitrogen and oxygen atoms in total. The third kappa shape index (κ3) is 3.21. The van der Waals surface area contributed by atoms with Crippen molar-refractivity contribution in [2.75, 3.05) is 6.54 Å². The third-order valence-corrected chi connectivity index (χ3v) is 3.10. The van der Waals surface area contributed by atoms with Crippen LogP contribution in [-0.4, -0.2) is 12.6 Å². The van der Waals surface area contributed by atoms with Gasteiger partial charge in [-0.05, 0) is 36.2 Å². The molecule has 18 heavy (non-hydrogen) atoms. The number of hydrogen-bond acceptors (Lipinski definition) is 1. The number of nitrogens with one attached hydrogen (secondary N) is 1. The summed E-state index contributed by atoms with van der Waals surface area (Å²) < 4.78 is 0. The van der Waals surface area contributed by atoms with E-state index in [0.717, 1.165) is 6.54 Å². The highest BCUT2D eigenvalue weighted by Crippen LogP contribution is 2.19. The van der Waals surface area contributed by atoms with Gasteiger partial charge in [-0.3, -0.25) is 0 Å². The second-order valence-electron chi connectivity index (χ2n) is 4.67. The SMILES string of the molecule is CCCNC(C)/C=C/c1cccc2ccccc12. The molecule has 0 saturated heterocycles. The Bertz CT molecular complexity index is 523. The number of benzene rings is 2. The van der Waals surface area contributed by atoms with Crippen LogP contribution >= 0.6 is 0 Å². The molecule has 94 valence electrons. The average molecular weight is 239 g/mol. The molecule has 0 spiro atoms. The molecule has 1 atom stereocenters. The molecule has 0 fully saturated rings. The van der Waals surface area contributed by atoms with Gasteiger partial charge in [0.1, 0.15) is 0 Å². The van der Waals surface area contributed by atoms with Gasteiger partial charge in [0.25, 0.3) is 0 Å². The van der Waals surface area contributed by atoms with E-state index in [-0.39, 0.29) is 0 Å². The van der Waals surface area contributed by atoms with Gasteiger partial charge in [-0.15, -0.1) is 0 Å². The summed E-state index contributed by atoms with van der Waals surface area (Å²) in [5.74, 6) is 0. The van der Waals surface area contributed by atoms with E-state index in [2.05, 4.69) is 73.8 Å². The van der Waals surface area contributed by atoms with Gasteiger partial charge < -0.3 is 5.32 Å². The minimum atomic E-state index is 0.420. The van der Waals surface area contributed by atoms with Gasteiger partial charge in [-0.25, -0.2) is 0 Å². The second-order valence-corrected chi connectivity index (χ2v) is 4.67. The van der Waals surface area contributed by atoms with Gasteiger partial charge in [-0.1, -0.05) is 61.5 Å². The van der Waals surface area contributed by atoms with Crippen LogP contribution in [0.5, 0.6) is 0 Å². The van der Waals surface area contributed by atoms with Crippen LogP contribution in [0.3, 0.4) is 0 Å². The summed E-state index contributed by atoms with van der Waals surface area (Å²) in [5.41, 5.74) is 1.29. The van der Waals surface area contributed by atoms with Crippen LogP contribution in [0.1, 0.15) is 25.8 Å². The minimum Gasteiger partial charge on any atom is -0.311 e. The van der Waals surface area contributed by atoms with E-state index in [9.17, 15) is 0 Å². The van der Waals surface area contributed by atoms with E-state index < -0.39 is 0 Å². The molecular weight excluding hydrogens is 218 g/mol. The molecule has 0 bridgehead atoms. The lowest BCUT2D eigenvalue weighted by Gasteiger charge is -2.08. The van der Waals surface area contributed by atoms with Crippen LogP contribution in [0.4, 0.5) is 0 Å². The molecule has 1 unspecified atom stereocenters. The van der Waals surface area contributed by atoms with Crippen molar-refractivity contribution in [3.8, 4) is 0 Å². The van der Waals surface area contributed by atoms with E-state index in [4.69, 9.17) is 0 Å². The van der Waals surface area contributed by atoms with Gasteiger partial charge in [0.05, 0.1) is 0 Å². The highest BCUT2D eigenvalue weighted by Gasteiger charge is 1.98. The zero-order chi connectivity index (χ0) is 12.8. The van der Waals surface area contributed by atoms with Crippen LogP contribution in [0, 0.1) is 0 Å². The molecule has 0 aromatic heterocycles. The zero-order valence-corrected chi connectivity index (χ0v) is 11.2. The highest BCUT2D eigenvalue weighted by atomic mass is 14.9. The molecule has 0 aliphatic carbocycles. The summed E-state index contributed by atoms with van der Waals surface area (Å²) in [6.45, 7) is 5.45. The van der Waals surface area contributed by atoms with Crippen molar-refractivity contribution in [1.82, 2.24) is 5.32 Å². The first-order valence-electron chi connectivity index (χ1n) is 6.70. The summed E-state index contributed by atoms with van der Waals surface area (Å²) >= 11 is 0. The Hall–Kier alpha value is -1.60. The maximum atomic E-state index is 3.46. The van der Waals surface area contributed by atoms with E-state index in [1.807, 2.05) is 0 Å². The van der Waals surface area contributed by atoms with Crippen molar-refractivity contribution in [3.63, 3.8) is 0 Å². The molecule has 0 heterocycles. The normalized spacial score (nSPS) is 13.2. The summed E-state index contributed by atoms with van der Waals surface area (Å²) in [4.78, 5) is 0. The molecular formula is C17H21N. The Morgan fingerprint density at radius 1 is 1.11 bits per heavy atom. The molecule has 0 aliphatic heterocycles. The Morgan fingerprint density at radius 2 is 1.89 bits per heavy atom. The van der Waals surface area contributed by atoms with E-state index in [1.54, 1.807) is 0 Å². The molecule has 0 aliphatic rings. The van der Waals surface area contributed by atoms with Crippen LogP contribution in [0.2, 0.25) is 0 Å². The Labute approximate surface area is 110 Å². The van der Waals surface area contributed by atoms with Crippen LogP contribution in [0.15, 0.2) is 48.5 Å². The smallest absolute Gasteiger partial charge is 0.0224 e. The first-order chi connectivity index (χ1) is 8.81.